The Morgan fingerprint density at radius 3 is 2.55 bits per heavy atom. The van der Waals surface area contributed by atoms with Gasteiger partial charge in [-0.3, -0.25) is 4.79 Å². The van der Waals surface area contributed by atoms with Gasteiger partial charge in [0.25, 0.3) is 0 Å². The highest BCUT2D eigenvalue weighted by atomic mass is 19.1. The quantitative estimate of drug-likeness (QED) is 0.730. The first kappa shape index (κ1) is 18.3. The molecule has 1 unspecified atom stereocenters. The van der Waals surface area contributed by atoms with Gasteiger partial charge in [0, 0.05) is 24.1 Å². The largest absolute Gasteiger partial charge is 0.493 e. The molecule has 1 heterocycles. The highest BCUT2D eigenvalue weighted by molar-refractivity contribution is 5.88. The molecule has 0 radical (unpaired) electrons. The van der Waals surface area contributed by atoms with Crippen LogP contribution in [0.15, 0.2) is 47.6 Å². The van der Waals surface area contributed by atoms with E-state index >= 15 is 0 Å². The van der Waals surface area contributed by atoms with Crippen LogP contribution in [0.3, 0.4) is 0 Å². The summed E-state index contributed by atoms with van der Waals surface area (Å²) in [6, 6.07) is 10.9. The van der Waals surface area contributed by atoms with Gasteiger partial charge in [0.2, 0.25) is 5.91 Å². The molecule has 1 aliphatic heterocycles. The van der Waals surface area contributed by atoms with Crippen molar-refractivity contribution in [3.63, 3.8) is 0 Å². The van der Waals surface area contributed by atoms with Gasteiger partial charge in [-0.1, -0.05) is 18.2 Å². The van der Waals surface area contributed by atoms with Gasteiger partial charge < -0.3 is 4.74 Å². The molecule has 0 saturated heterocycles. The van der Waals surface area contributed by atoms with Crippen molar-refractivity contribution in [3.8, 4) is 5.75 Å². The fraction of sp³-hybridized carbons (Fsp3) is 0.391. The minimum absolute atomic E-state index is 0.0429. The lowest BCUT2D eigenvalue weighted by atomic mass is 9.35. The molecular weight excluding hydrogens is 374 g/mol. The Morgan fingerprint density at radius 2 is 1.86 bits per heavy atom. The predicted octanol–water partition coefficient (Wildman–Crippen LogP) is 4.78. The van der Waals surface area contributed by atoms with Crippen LogP contribution in [0.5, 0.6) is 5.75 Å². The van der Waals surface area contributed by atoms with Crippen LogP contribution < -0.4 is 4.74 Å². The van der Waals surface area contributed by atoms with Gasteiger partial charge in [0.1, 0.15) is 17.4 Å². The maximum Gasteiger partial charge on any atom is 0.249 e. The van der Waals surface area contributed by atoms with Crippen molar-refractivity contribution in [2.24, 2.45) is 15.9 Å². The molecule has 3 aliphatic carbocycles. The Hall–Kier alpha value is -2.76. The summed E-state index contributed by atoms with van der Waals surface area (Å²) in [6.07, 6.45) is 4.45. The van der Waals surface area contributed by atoms with Crippen LogP contribution >= 0.6 is 0 Å². The smallest absolute Gasteiger partial charge is 0.249 e. The maximum atomic E-state index is 13.6. The molecule has 0 N–H and O–H groups in total. The van der Waals surface area contributed by atoms with Crippen molar-refractivity contribution in [2.75, 3.05) is 6.61 Å². The van der Waals surface area contributed by atoms with E-state index in [0.29, 0.717) is 18.6 Å². The summed E-state index contributed by atoms with van der Waals surface area (Å²) in [5, 5.41) is 5.67. The highest BCUT2D eigenvalue weighted by Gasteiger charge is 2.72. The van der Waals surface area contributed by atoms with E-state index in [2.05, 4.69) is 5.10 Å². The van der Waals surface area contributed by atoms with Gasteiger partial charge in [-0.05, 0) is 55.5 Å². The summed E-state index contributed by atoms with van der Waals surface area (Å²) in [7, 11) is 0. The number of rotatable bonds is 5. The lowest BCUT2D eigenvalue weighted by Gasteiger charge is -2.69. The van der Waals surface area contributed by atoms with E-state index in [0.717, 1.165) is 36.6 Å². The number of carbonyl (C=O) groups excluding carboxylic acids is 1. The van der Waals surface area contributed by atoms with Gasteiger partial charge in [0.15, 0.2) is 0 Å². The number of hydrogen-bond donors (Lipinski definition) is 0. The number of benzene rings is 2. The predicted molar refractivity (Wildman–Crippen MR) is 104 cm³/mol. The summed E-state index contributed by atoms with van der Waals surface area (Å²) >= 11 is 0. The van der Waals surface area contributed by atoms with E-state index in [1.165, 1.54) is 17.1 Å². The van der Waals surface area contributed by atoms with Crippen LogP contribution in [-0.2, 0) is 4.79 Å². The number of amides is 1. The second-order valence-electron chi connectivity index (χ2n) is 8.77. The number of halogens is 2. The van der Waals surface area contributed by atoms with Crippen molar-refractivity contribution in [3.05, 3.63) is 65.2 Å². The zero-order chi connectivity index (χ0) is 20.2. The Bertz CT molecular complexity index is 980. The van der Waals surface area contributed by atoms with E-state index in [-0.39, 0.29) is 11.3 Å². The fourth-order valence-electron chi connectivity index (χ4n) is 5.22. The molecule has 1 atom stereocenters. The minimum Gasteiger partial charge on any atom is -0.493 e. The SMILES string of the molecule is Cc1ccccc1OCC12CC(C(=O)N3N=CCC3c3cc(F)cc(F)c3)(C1)C2. The molecule has 6 heteroatoms. The van der Waals surface area contributed by atoms with Crippen LogP contribution in [0.1, 0.15) is 42.9 Å². The summed E-state index contributed by atoms with van der Waals surface area (Å²) in [5.41, 5.74) is 1.20. The number of para-hydroxylation sites is 1. The molecule has 3 fully saturated rings. The topological polar surface area (TPSA) is 41.9 Å². The second-order valence-corrected chi connectivity index (χ2v) is 8.77. The maximum absolute atomic E-state index is 13.6. The highest BCUT2D eigenvalue weighted by Crippen LogP contribution is 2.74. The van der Waals surface area contributed by atoms with E-state index in [4.69, 9.17) is 4.74 Å². The summed E-state index contributed by atoms with van der Waals surface area (Å²) in [6.45, 7) is 2.62. The molecule has 1 amide bonds. The molecule has 6 rings (SSSR count). The first-order chi connectivity index (χ1) is 13.9. The van der Waals surface area contributed by atoms with Gasteiger partial charge in [-0.2, -0.15) is 5.10 Å². The molecule has 3 saturated carbocycles. The minimum atomic E-state index is -0.642. The number of carbonyl (C=O) groups is 1. The molecule has 2 bridgehead atoms. The molecule has 4 nitrogen and oxygen atoms in total. The molecule has 2 aromatic rings. The van der Waals surface area contributed by atoms with Crippen molar-refractivity contribution >= 4 is 12.1 Å². The first-order valence-corrected chi connectivity index (χ1v) is 9.90. The number of nitrogens with zero attached hydrogens (tertiary/aromatic N) is 2. The summed E-state index contributed by atoms with van der Waals surface area (Å²) < 4.78 is 33.3. The molecule has 150 valence electrons. The normalized spacial score (nSPS) is 29.3. The van der Waals surface area contributed by atoms with Gasteiger partial charge in [-0.15, -0.1) is 0 Å². The van der Waals surface area contributed by atoms with Crippen LogP contribution in [0.25, 0.3) is 0 Å². The molecule has 4 aliphatic rings. The third-order valence-electron chi connectivity index (χ3n) is 6.53. The standard InChI is InChI=1S/C23H22F2N2O2/c1-15-4-2-3-5-20(15)29-14-22-11-23(12-22,13-22)21(28)27-19(6-7-26-27)16-8-17(24)10-18(25)9-16/h2-5,7-10,19H,6,11-14H2,1H3. The van der Waals surface area contributed by atoms with Gasteiger partial charge in [-0.25, -0.2) is 13.8 Å². The molecule has 2 aromatic carbocycles. The first-order valence-electron chi connectivity index (χ1n) is 9.90. The number of aryl methyl sites for hydroxylation is 1. The van der Waals surface area contributed by atoms with E-state index in [1.54, 1.807) is 6.21 Å². The van der Waals surface area contributed by atoms with Gasteiger partial charge >= 0.3 is 0 Å². The van der Waals surface area contributed by atoms with E-state index < -0.39 is 23.1 Å². The number of ether oxygens (including phenoxy) is 1. The molecule has 29 heavy (non-hydrogen) atoms. The molecule has 0 spiro atoms. The Kier molecular flexibility index (Phi) is 4.02. The van der Waals surface area contributed by atoms with Crippen molar-refractivity contribution < 1.29 is 18.3 Å². The molecule has 0 aromatic heterocycles. The zero-order valence-electron chi connectivity index (χ0n) is 16.2. The number of hydrazone groups is 1. The van der Waals surface area contributed by atoms with Crippen LogP contribution in [-0.4, -0.2) is 23.7 Å². The van der Waals surface area contributed by atoms with Gasteiger partial charge in [0.05, 0.1) is 18.1 Å². The Balaban J connectivity index is 1.25. The fourth-order valence-corrected chi connectivity index (χ4v) is 5.22. The third kappa shape index (κ3) is 2.93. The Labute approximate surface area is 168 Å². The second kappa shape index (κ2) is 6.37. The summed E-state index contributed by atoms with van der Waals surface area (Å²) in [5.74, 6) is -0.442. The lowest BCUT2D eigenvalue weighted by molar-refractivity contribution is -0.226. The van der Waals surface area contributed by atoms with E-state index in [1.807, 2.05) is 31.2 Å². The van der Waals surface area contributed by atoms with Crippen LogP contribution in [0, 0.1) is 29.4 Å². The lowest BCUT2D eigenvalue weighted by Crippen LogP contribution is -2.69. The number of hydrogen-bond acceptors (Lipinski definition) is 3. The van der Waals surface area contributed by atoms with E-state index in [9.17, 15) is 13.6 Å². The van der Waals surface area contributed by atoms with Crippen molar-refractivity contribution in [2.45, 2.75) is 38.6 Å². The zero-order valence-corrected chi connectivity index (χ0v) is 16.2. The molecular formula is C23H22F2N2O2. The van der Waals surface area contributed by atoms with Crippen molar-refractivity contribution in [1.82, 2.24) is 5.01 Å². The Morgan fingerprint density at radius 1 is 1.17 bits per heavy atom. The summed E-state index contributed by atoms with van der Waals surface area (Å²) in [4.78, 5) is 13.2. The van der Waals surface area contributed by atoms with Crippen LogP contribution in [0.2, 0.25) is 0 Å². The van der Waals surface area contributed by atoms with Crippen LogP contribution in [0.4, 0.5) is 8.78 Å². The monoisotopic (exact) mass is 396 g/mol. The van der Waals surface area contributed by atoms with Crippen molar-refractivity contribution in [1.29, 1.82) is 0 Å². The average molecular weight is 396 g/mol. The average Bonchev–Trinajstić information content (AvgIpc) is 3.09. The third-order valence-corrected chi connectivity index (χ3v) is 6.53.